The molecule has 2 fully saturated rings. The van der Waals surface area contributed by atoms with Gasteiger partial charge in [-0.2, -0.15) is 0 Å². The van der Waals surface area contributed by atoms with Gasteiger partial charge in [0.25, 0.3) is 0 Å². The Morgan fingerprint density at radius 3 is 2.44 bits per heavy atom. The van der Waals surface area contributed by atoms with Crippen molar-refractivity contribution in [1.82, 2.24) is 9.80 Å². The SMILES string of the molecule is CC(C)COc1ccccc1CN1CCC2(CC1)CN(C(=O)CCc1ccc(Cl)cc1)C2. The number of nitrogens with zero attached hydrogens (tertiary/aromatic N) is 2. The topological polar surface area (TPSA) is 32.8 Å². The highest BCUT2D eigenvalue weighted by molar-refractivity contribution is 6.30. The van der Waals surface area contributed by atoms with Crippen molar-refractivity contribution >= 4 is 17.5 Å². The van der Waals surface area contributed by atoms with Crippen LogP contribution in [0.3, 0.4) is 0 Å². The fourth-order valence-electron chi connectivity index (χ4n) is 4.77. The summed E-state index contributed by atoms with van der Waals surface area (Å²) in [5.74, 6) is 1.82. The Bertz CT molecular complexity index is 896. The second kappa shape index (κ2) is 10.3. The fourth-order valence-corrected chi connectivity index (χ4v) is 4.90. The van der Waals surface area contributed by atoms with Gasteiger partial charge in [-0.1, -0.05) is 55.8 Å². The molecule has 0 atom stereocenters. The molecule has 0 aromatic heterocycles. The molecule has 4 rings (SSSR count). The van der Waals surface area contributed by atoms with E-state index in [1.165, 1.54) is 24.0 Å². The van der Waals surface area contributed by atoms with Gasteiger partial charge in [0.2, 0.25) is 5.91 Å². The maximum Gasteiger partial charge on any atom is 0.222 e. The number of para-hydroxylation sites is 1. The quantitative estimate of drug-likeness (QED) is 0.533. The summed E-state index contributed by atoms with van der Waals surface area (Å²) in [5, 5.41) is 0.739. The summed E-state index contributed by atoms with van der Waals surface area (Å²) in [6, 6.07) is 16.2. The van der Waals surface area contributed by atoms with Crippen LogP contribution in [-0.2, 0) is 17.8 Å². The molecule has 0 bridgehead atoms. The number of likely N-dealkylation sites (tertiary alicyclic amines) is 2. The monoisotopic (exact) mass is 454 g/mol. The van der Waals surface area contributed by atoms with Gasteiger partial charge in [-0.3, -0.25) is 9.69 Å². The van der Waals surface area contributed by atoms with Gasteiger partial charge < -0.3 is 9.64 Å². The Morgan fingerprint density at radius 2 is 1.75 bits per heavy atom. The number of benzene rings is 2. The third kappa shape index (κ3) is 5.85. The van der Waals surface area contributed by atoms with Gasteiger partial charge in [-0.05, 0) is 62.0 Å². The van der Waals surface area contributed by atoms with Crippen molar-refractivity contribution in [2.24, 2.45) is 11.3 Å². The molecular formula is C27H35ClN2O2. The summed E-state index contributed by atoms with van der Waals surface area (Å²) >= 11 is 5.94. The Labute approximate surface area is 197 Å². The molecular weight excluding hydrogens is 420 g/mol. The van der Waals surface area contributed by atoms with E-state index in [4.69, 9.17) is 16.3 Å². The number of hydrogen-bond acceptors (Lipinski definition) is 3. The lowest BCUT2D eigenvalue weighted by molar-refractivity contribution is -0.146. The van der Waals surface area contributed by atoms with Crippen LogP contribution in [0.4, 0.5) is 0 Å². The summed E-state index contributed by atoms with van der Waals surface area (Å²) < 4.78 is 6.04. The second-order valence-corrected chi connectivity index (χ2v) is 10.4. The van der Waals surface area contributed by atoms with Crippen LogP contribution in [0.15, 0.2) is 48.5 Å². The van der Waals surface area contributed by atoms with Crippen molar-refractivity contribution in [3.05, 3.63) is 64.7 Å². The Hall–Kier alpha value is -2.04. The summed E-state index contributed by atoms with van der Waals surface area (Å²) in [7, 11) is 0. The highest BCUT2D eigenvalue weighted by atomic mass is 35.5. The van der Waals surface area contributed by atoms with Gasteiger partial charge >= 0.3 is 0 Å². The number of halogens is 1. The molecule has 2 saturated heterocycles. The highest BCUT2D eigenvalue weighted by Gasteiger charge is 2.46. The van der Waals surface area contributed by atoms with Crippen LogP contribution in [-0.4, -0.2) is 48.5 Å². The summed E-state index contributed by atoms with van der Waals surface area (Å²) in [6.45, 7) is 10.1. The predicted molar refractivity (Wildman–Crippen MR) is 130 cm³/mol. The van der Waals surface area contributed by atoms with E-state index in [2.05, 4.69) is 47.9 Å². The number of aryl methyl sites for hydroxylation is 1. The smallest absolute Gasteiger partial charge is 0.222 e. The van der Waals surface area contributed by atoms with Gasteiger partial charge in [0.1, 0.15) is 5.75 Å². The van der Waals surface area contributed by atoms with Crippen molar-refractivity contribution in [1.29, 1.82) is 0 Å². The normalized spacial score (nSPS) is 18.1. The molecule has 5 heteroatoms. The third-order valence-corrected chi connectivity index (χ3v) is 7.05. The zero-order valence-electron chi connectivity index (χ0n) is 19.4. The number of rotatable bonds is 8. The predicted octanol–water partition coefficient (Wildman–Crippen LogP) is 5.43. The summed E-state index contributed by atoms with van der Waals surface area (Å²) in [4.78, 5) is 17.2. The van der Waals surface area contributed by atoms with E-state index in [1.54, 1.807) is 0 Å². The van der Waals surface area contributed by atoms with E-state index in [1.807, 2.05) is 24.3 Å². The van der Waals surface area contributed by atoms with Gasteiger partial charge in [0, 0.05) is 42.1 Å². The Kier molecular flexibility index (Phi) is 7.42. The van der Waals surface area contributed by atoms with Crippen molar-refractivity contribution in [2.45, 2.75) is 46.1 Å². The molecule has 32 heavy (non-hydrogen) atoms. The van der Waals surface area contributed by atoms with E-state index in [0.717, 1.165) is 56.5 Å². The van der Waals surface area contributed by atoms with Crippen molar-refractivity contribution in [3.63, 3.8) is 0 Å². The van der Waals surface area contributed by atoms with E-state index in [-0.39, 0.29) is 5.91 Å². The van der Waals surface area contributed by atoms with Gasteiger partial charge in [0.05, 0.1) is 6.61 Å². The first-order valence-corrected chi connectivity index (χ1v) is 12.3. The molecule has 1 spiro atoms. The number of hydrogen-bond donors (Lipinski definition) is 0. The van der Waals surface area contributed by atoms with Crippen LogP contribution < -0.4 is 4.74 Å². The van der Waals surface area contributed by atoms with Gasteiger partial charge in [-0.25, -0.2) is 0 Å². The lowest BCUT2D eigenvalue weighted by Gasteiger charge is -2.54. The minimum atomic E-state index is 0.282. The number of ether oxygens (including phenoxy) is 1. The van der Waals surface area contributed by atoms with Crippen LogP contribution >= 0.6 is 11.6 Å². The number of carbonyl (C=O) groups is 1. The van der Waals surface area contributed by atoms with Crippen molar-refractivity contribution < 1.29 is 9.53 Å². The van der Waals surface area contributed by atoms with Crippen LogP contribution in [0.25, 0.3) is 0 Å². The van der Waals surface area contributed by atoms with E-state index in [9.17, 15) is 4.79 Å². The van der Waals surface area contributed by atoms with E-state index in [0.29, 0.717) is 17.8 Å². The molecule has 0 radical (unpaired) electrons. The van der Waals surface area contributed by atoms with Crippen LogP contribution in [0.5, 0.6) is 5.75 Å². The maximum atomic E-state index is 12.6. The molecule has 2 aromatic rings. The molecule has 2 heterocycles. The van der Waals surface area contributed by atoms with Crippen LogP contribution in [0.2, 0.25) is 5.02 Å². The average Bonchev–Trinajstić information content (AvgIpc) is 2.77. The molecule has 0 N–H and O–H groups in total. The highest BCUT2D eigenvalue weighted by Crippen LogP contribution is 2.41. The van der Waals surface area contributed by atoms with Crippen LogP contribution in [0.1, 0.15) is 44.2 Å². The second-order valence-electron chi connectivity index (χ2n) is 9.96. The third-order valence-electron chi connectivity index (χ3n) is 6.80. The molecule has 2 aliphatic heterocycles. The lowest BCUT2D eigenvalue weighted by Crippen LogP contribution is -2.61. The molecule has 172 valence electrons. The van der Waals surface area contributed by atoms with E-state index >= 15 is 0 Å². The lowest BCUT2D eigenvalue weighted by atomic mass is 9.71. The summed E-state index contributed by atoms with van der Waals surface area (Å²) in [5.41, 5.74) is 2.78. The minimum absolute atomic E-state index is 0.282. The van der Waals surface area contributed by atoms with Crippen LogP contribution in [0, 0.1) is 11.3 Å². The largest absolute Gasteiger partial charge is 0.493 e. The fraction of sp³-hybridized carbons (Fsp3) is 0.519. The molecule has 2 aliphatic rings. The first-order chi connectivity index (χ1) is 15.4. The zero-order chi connectivity index (χ0) is 22.6. The summed E-state index contributed by atoms with van der Waals surface area (Å²) in [6.07, 6.45) is 3.70. The van der Waals surface area contributed by atoms with Gasteiger partial charge in [-0.15, -0.1) is 0 Å². The molecule has 0 aliphatic carbocycles. The Morgan fingerprint density at radius 1 is 1.06 bits per heavy atom. The Balaban J connectivity index is 1.21. The molecule has 4 nitrogen and oxygen atoms in total. The zero-order valence-corrected chi connectivity index (χ0v) is 20.1. The van der Waals surface area contributed by atoms with Crippen molar-refractivity contribution in [3.8, 4) is 5.75 Å². The molecule has 2 aromatic carbocycles. The van der Waals surface area contributed by atoms with Gasteiger partial charge in [0.15, 0.2) is 0 Å². The molecule has 1 amide bonds. The number of carbonyl (C=O) groups excluding carboxylic acids is 1. The minimum Gasteiger partial charge on any atom is -0.493 e. The molecule has 0 unspecified atom stereocenters. The van der Waals surface area contributed by atoms with Crippen molar-refractivity contribution in [2.75, 3.05) is 32.8 Å². The first kappa shape index (κ1) is 23.1. The maximum absolute atomic E-state index is 12.6. The first-order valence-electron chi connectivity index (χ1n) is 11.9. The number of piperidine rings is 1. The standard InChI is InChI=1S/C27H35ClN2O2/c1-21(2)18-32-25-6-4-3-5-23(25)17-29-15-13-27(14-16-29)19-30(20-27)26(31)12-9-22-7-10-24(28)11-8-22/h3-8,10-11,21H,9,12-20H2,1-2H3. The van der Waals surface area contributed by atoms with E-state index < -0.39 is 0 Å². The number of amides is 1. The molecule has 0 saturated carbocycles. The average molecular weight is 455 g/mol.